The van der Waals surface area contributed by atoms with Gasteiger partial charge >= 0.3 is 5.97 Å². The average Bonchev–Trinajstić information content (AvgIpc) is 2.76. The molecule has 2 aromatic carbocycles. The highest BCUT2D eigenvalue weighted by molar-refractivity contribution is 6.31. The number of halogens is 3. The molecule has 3 aromatic rings. The number of benzene rings is 2. The van der Waals surface area contributed by atoms with Gasteiger partial charge in [0.05, 0.1) is 5.02 Å². The molecule has 166 valence electrons. The van der Waals surface area contributed by atoms with E-state index in [0.717, 1.165) is 5.56 Å². The third-order valence-electron chi connectivity index (χ3n) is 4.83. The fourth-order valence-corrected chi connectivity index (χ4v) is 3.48. The number of rotatable bonds is 8. The number of aliphatic carboxylic acids is 1. The molecule has 3 rings (SSSR count). The van der Waals surface area contributed by atoms with Gasteiger partial charge in [0.1, 0.15) is 17.6 Å². The monoisotopic (exact) mass is 475 g/mol. The van der Waals surface area contributed by atoms with E-state index >= 15 is 0 Å². The van der Waals surface area contributed by atoms with Gasteiger partial charge in [-0.15, -0.1) is 0 Å². The highest BCUT2D eigenvalue weighted by Crippen LogP contribution is 2.26. The Hall–Kier alpha value is -3.00. The molecule has 0 bridgehead atoms. The predicted molar refractivity (Wildman–Crippen MR) is 121 cm³/mol. The molecule has 0 fully saturated rings. The predicted octanol–water partition coefficient (Wildman–Crippen LogP) is 4.34. The fraction of sp³-hybridized carbons (Fsp3) is 0.174. The molecule has 0 unspecified atom stereocenters. The minimum atomic E-state index is -1.17. The summed E-state index contributed by atoms with van der Waals surface area (Å²) >= 11 is 11.8. The molecule has 32 heavy (non-hydrogen) atoms. The van der Waals surface area contributed by atoms with Crippen molar-refractivity contribution in [3.8, 4) is 11.1 Å². The zero-order chi connectivity index (χ0) is 23.3. The lowest BCUT2D eigenvalue weighted by atomic mass is 9.97. The summed E-state index contributed by atoms with van der Waals surface area (Å²) in [7, 11) is 0. The van der Waals surface area contributed by atoms with Crippen molar-refractivity contribution in [2.45, 2.75) is 24.9 Å². The number of nitrogens with two attached hydrogens (primary N) is 1. The van der Waals surface area contributed by atoms with Crippen LogP contribution in [0.15, 0.2) is 60.8 Å². The molecule has 6 nitrogen and oxygen atoms in total. The van der Waals surface area contributed by atoms with Crippen LogP contribution >= 0.6 is 23.2 Å². The van der Waals surface area contributed by atoms with E-state index < -0.39 is 29.8 Å². The van der Waals surface area contributed by atoms with Gasteiger partial charge in [0.25, 0.3) is 5.91 Å². The molecule has 0 saturated heterocycles. The molecule has 0 aliphatic carbocycles. The molecule has 2 atom stereocenters. The Labute approximate surface area is 194 Å². The van der Waals surface area contributed by atoms with Gasteiger partial charge in [-0.25, -0.2) is 9.37 Å². The molecule has 4 N–H and O–H groups in total. The van der Waals surface area contributed by atoms with E-state index in [9.17, 15) is 19.1 Å². The van der Waals surface area contributed by atoms with Crippen LogP contribution in [0.5, 0.6) is 0 Å². The largest absolute Gasteiger partial charge is 0.480 e. The van der Waals surface area contributed by atoms with Gasteiger partial charge in [-0.05, 0) is 54.3 Å². The van der Waals surface area contributed by atoms with E-state index in [-0.39, 0.29) is 12.1 Å². The highest BCUT2D eigenvalue weighted by atomic mass is 35.5. The topological polar surface area (TPSA) is 105 Å². The van der Waals surface area contributed by atoms with Gasteiger partial charge in [0.2, 0.25) is 0 Å². The van der Waals surface area contributed by atoms with Gasteiger partial charge < -0.3 is 16.2 Å². The second-order valence-electron chi connectivity index (χ2n) is 7.24. The molecule has 1 aromatic heterocycles. The normalized spacial score (nSPS) is 12.8. The third-order valence-corrected chi connectivity index (χ3v) is 5.29. The molecule has 1 heterocycles. The van der Waals surface area contributed by atoms with Gasteiger partial charge in [0.15, 0.2) is 0 Å². The Morgan fingerprint density at radius 3 is 2.38 bits per heavy atom. The second kappa shape index (κ2) is 10.5. The first kappa shape index (κ1) is 23.7. The summed E-state index contributed by atoms with van der Waals surface area (Å²) in [5, 5.41) is 12.8. The molecule has 0 radical (unpaired) electrons. The van der Waals surface area contributed by atoms with Crippen molar-refractivity contribution < 1.29 is 19.1 Å². The van der Waals surface area contributed by atoms with Crippen LogP contribution in [0, 0.1) is 5.82 Å². The van der Waals surface area contributed by atoms with Crippen LogP contribution in [0.25, 0.3) is 11.1 Å². The number of amides is 1. The van der Waals surface area contributed by atoms with Crippen molar-refractivity contribution in [3.63, 3.8) is 0 Å². The Balaban J connectivity index is 1.77. The maximum atomic E-state index is 14.1. The quantitative estimate of drug-likeness (QED) is 0.449. The number of carboxylic acids is 1. The number of carbonyl (C=O) groups is 2. The lowest BCUT2D eigenvalue weighted by Gasteiger charge is -2.21. The zero-order valence-electron chi connectivity index (χ0n) is 16.8. The fourth-order valence-electron chi connectivity index (χ4n) is 3.19. The van der Waals surface area contributed by atoms with Crippen LogP contribution in [0.3, 0.4) is 0 Å². The van der Waals surface area contributed by atoms with Gasteiger partial charge in [0, 0.05) is 22.8 Å². The second-order valence-corrected chi connectivity index (χ2v) is 8.11. The third kappa shape index (κ3) is 6.26. The van der Waals surface area contributed by atoms with Crippen LogP contribution in [-0.4, -0.2) is 34.1 Å². The van der Waals surface area contributed by atoms with Crippen molar-refractivity contribution in [1.29, 1.82) is 0 Å². The Morgan fingerprint density at radius 1 is 1.06 bits per heavy atom. The van der Waals surface area contributed by atoms with E-state index in [1.165, 1.54) is 30.5 Å². The maximum Gasteiger partial charge on any atom is 0.320 e. The first-order chi connectivity index (χ1) is 15.2. The molecule has 9 heteroatoms. The summed E-state index contributed by atoms with van der Waals surface area (Å²) in [5.41, 5.74) is 7.67. The summed E-state index contributed by atoms with van der Waals surface area (Å²) in [6.45, 7) is 0. The SMILES string of the molecule is N[C@H](C[C@@H](Cc1ccc(-c2cc(Cl)ccc2F)cc1)NC(=O)c1ccc(Cl)cn1)C(=O)O. The van der Waals surface area contributed by atoms with Crippen molar-refractivity contribution in [2.75, 3.05) is 0 Å². The summed E-state index contributed by atoms with van der Waals surface area (Å²) in [4.78, 5) is 27.8. The number of carboxylic acid groups (broad SMARTS) is 1. The molecule has 1 amide bonds. The van der Waals surface area contributed by atoms with Crippen LogP contribution in [0.1, 0.15) is 22.5 Å². The van der Waals surface area contributed by atoms with Gasteiger partial charge in [-0.2, -0.15) is 0 Å². The van der Waals surface area contributed by atoms with E-state index in [1.807, 2.05) is 0 Å². The van der Waals surface area contributed by atoms with Crippen molar-refractivity contribution in [3.05, 3.63) is 87.9 Å². The Morgan fingerprint density at radius 2 is 1.75 bits per heavy atom. The smallest absolute Gasteiger partial charge is 0.320 e. The summed E-state index contributed by atoms with van der Waals surface area (Å²) in [6.07, 6.45) is 1.68. The molecule has 0 aliphatic rings. The molecular weight excluding hydrogens is 456 g/mol. The first-order valence-corrected chi connectivity index (χ1v) is 10.4. The first-order valence-electron chi connectivity index (χ1n) is 9.68. The standard InChI is InChI=1S/C23H20Cl2FN3O3/c24-15-5-7-19(26)18(10-15)14-3-1-13(2-4-14)9-17(11-20(27)23(31)32)29-22(30)21-8-6-16(25)12-28-21/h1-8,10,12,17,20H,9,11,27H2,(H,29,30)(H,31,32)/t17-,20-/m1/s1. The van der Waals surface area contributed by atoms with Crippen LogP contribution in [-0.2, 0) is 11.2 Å². The van der Waals surface area contributed by atoms with Crippen molar-refractivity contribution >= 4 is 35.1 Å². The summed E-state index contributed by atoms with van der Waals surface area (Å²) in [5.74, 6) is -2.03. The highest BCUT2D eigenvalue weighted by Gasteiger charge is 2.22. The van der Waals surface area contributed by atoms with Gasteiger partial charge in [-0.3, -0.25) is 9.59 Å². The maximum absolute atomic E-state index is 14.1. The summed E-state index contributed by atoms with van der Waals surface area (Å²) < 4.78 is 14.1. The minimum absolute atomic E-state index is 0.0132. The number of pyridine rings is 1. The van der Waals surface area contributed by atoms with Crippen molar-refractivity contribution in [2.24, 2.45) is 5.73 Å². The van der Waals surface area contributed by atoms with E-state index in [2.05, 4.69) is 10.3 Å². The van der Waals surface area contributed by atoms with Crippen LogP contribution < -0.4 is 11.1 Å². The number of nitrogens with zero attached hydrogens (tertiary/aromatic N) is 1. The van der Waals surface area contributed by atoms with Crippen LogP contribution in [0.4, 0.5) is 4.39 Å². The molecule has 0 spiro atoms. The lowest BCUT2D eigenvalue weighted by Crippen LogP contribution is -2.43. The Kier molecular flexibility index (Phi) is 7.80. The molecular formula is C23H20Cl2FN3O3. The zero-order valence-corrected chi connectivity index (χ0v) is 18.3. The van der Waals surface area contributed by atoms with Crippen LogP contribution in [0.2, 0.25) is 10.0 Å². The number of nitrogens with one attached hydrogen (secondary N) is 1. The Bertz CT molecular complexity index is 1110. The average molecular weight is 476 g/mol. The molecule has 0 saturated carbocycles. The van der Waals surface area contributed by atoms with Crippen molar-refractivity contribution in [1.82, 2.24) is 10.3 Å². The summed E-state index contributed by atoms with van der Waals surface area (Å²) in [6, 6.07) is 12.6. The number of hydrogen-bond acceptors (Lipinski definition) is 4. The van der Waals surface area contributed by atoms with Gasteiger partial charge in [-0.1, -0.05) is 47.5 Å². The van der Waals surface area contributed by atoms with E-state index in [4.69, 9.17) is 28.9 Å². The van der Waals surface area contributed by atoms with E-state index in [0.29, 0.717) is 27.6 Å². The number of carbonyl (C=O) groups excluding carboxylic acids is 1. The lowest BCUT2D eigenvalue weighted by molar-refractivity contribution is -0.138. The number of hydrogen-bond donors (Lipinski definition) is 3. The van der Waals surface area contributed by atoms with E-state index in [1.54, 1.807) is 30.3 Å². The molecule has 0 aliphatic heterocycles. The number of aromatic nitrogens is 1. The minimum Gasteiger partial charge on any atom is -0.480 e.